The van der Waals surface area contributed by atoms with Crippen molar-refractivity contribution >= 4 is 11.8 Å². The lowest BCUT2D eigenvalue weighted by atomic mass is 10.1. The van der Waals surface area contributed by atoms with Gasteiger partial charge in [-0.2, -0.15) is 0 Å². The van der Waals surface area contributed by atoms with Gasteiger partial charge < -0.3 is 20.7 Å². The molecule has 2 aromatic rings. The third-order valence-electron chi connectivity index (χ3n) is 5.55. The molecular weight excluding hydrogens is 448 g/mol. The number of hydrogen-bond acceptors (Lipinski definition) is 5. The summed E-state index contributed by atoms with van der Waals surface area (Å²) in [6.45, 7) is 2.37. The molecule has 178 valence electrons. The Balaban J connectivity index is 1.99. The van der Waals surface area contributed by atoms with E-state index >= 15 is 0 Å². The van der Waals surface area contributed by atoms with Gasteiger partial charge in [0, 0.05) is 49.9 Å². The second kappa shape index (κ2) is 9.12. The third-order valence-corrected chi connectivity index (χ3v) is 5.55. The fourth-order valence-electron chi connectivity index (χ4n) is 3.49. The zero-order valence-electron chi connectivity index (χ0n) is 18.0. The number of carbonyl (C=O) groups excluding carboxylic acids is 2. The number of nitrogens with zero attached hydrogens (tertiary/aromatic N) is 2. The molecule has 1 aromatic carbocycles. The van der Waals surface area contributed by atoms with Crippen molar-refractivity contribution in [3.63, 3.8) is 0 Å². The average molecular weight is 470 g/mol. The number of fused-ring (bicyclic) bond motifs is 1. The van der Waals surface area contributed by atoms with E-state index in [1.807, 2.05) is 0 Å². The summed E-state index contributed by atoms with van der Waals surface area (Å²) >= 11 is 0. The smallest absolute Gasteiger partial charge is 0.276 e. The number of aromatic nitrogens is 1. The Kier molecular flexibility index (Phi) is 6.65. The van der Waals surface area contributed by atoms with Crippen LogP contribution in [0.2, 0.25) is 0 Å². The van der Waals surface area contributed by atoms with Gasteiger partial charge in [0.05, 0.1) is 6.04 Å². The number of halogens is 4. The van der Waals surface area contributed by atoms with Crippen molar-refractivity contribution in [2.24, 2.45) is 0 Å². The molecule has 0 fully saturated rings. The van der Waals surface area contributed by atoms with Crippen LogP contribution in [0.1, 0.15) is 46.7 Å². The van der Waals surface area contributed by atoms with Crippen LogP contribution in [0.15, 0.2) is 23.1 Å². The van der Waals surface area contributed by atoms with Crippen molar-refractivity contribution in [3.8, 4) is 5.75 Å². The van der Waals surface area contributed by atoms with E-state index in [0.29, 0.717) is 12.1 Å². The molecule has 33 heavy (non-hydrogen) atoms. The highest BCUT2D eigenvalue weighted by atomic mass is 19.1. The molecular formula is C21H22F4N4O4. The SMILES string of the molecule is C[C@@H]1C[C@H](F)[C@H](C)N(C)C(=O)c2c(O)c(=O)c(C(=O)NCc3c(F)cc(F)cc3F)cn2N1. The van der Waals surface area contributed by atoms with Crippen molar-refractivity contribution in [1.29, 1.82) is 0 Å². The van der Waals surface area contributed by atoms with E-state index in [2.05, 4.69) is 10.7 Å². The largest absolute Gasteiger partial charge is 0.502 e. The van der Waals surface area contributed by atoms with Crippen molar-refractivity contribution < 1.29 is 32.3 Å². The van der Waals surface area contributed by atoms with Gasteiger partial charge in [-0.3, -0.25) is 19.1 Å². The van der Waals surface area contributed by atoms with Gasteiger partial charge in [-0.15, -0.1) is 0 Å². The number of aromatic hydroxyl groups is 1. The van der Waals surface area contributed by atoms with Crippen LogP contribution in [0.4, 0.5) is 17.6 Å². The van der Waals surface area contributed by atoms with Crippen LogP contribution >= 0.6 is 0 Å². The molecule has 0 bridgehead atoms. The van der Waals surface area contributed by atoms with E-state index in [4.69, 9.17) is 0 Å². The van der Waals surface area contributed by atoms with Gasteiger partial charge in [0.25, 0.3) is 11.8 Å². The normalized spacial score (nSPS) is 20.9. The molecule has 8 nitrogen and oxygen atoms in total. The maximum absolute atomic E-state index is 14.5. The van der Waals surface area contributed by atoms with Gasteiger partial charge in [-0.05, 0) is 13.8 Å². The van der Waals surface area contributed by atoms with Gasteiger partial charge in [0.2, 0.25) is 5.43 Å². The second-order valence-electron chi connectivity index (χ2n) is 7.91. The monoisotopic (exact) mass is 470 g/mol. The highest BCUT2D eigenvalue weighted by molar-refractivity contribution is 5.98. The van der Waals surface area contributed by atoms with Gasteiger partial charge in [-0.25, -0.2) is 17.6 Å². The van der Waals surface area contributed by atoms with Gasteiger partial charge in [0.1, 0.15) is 29.2 Å². The summed E-state index contributed by atoms with van der Waals surface area (Å²) in [5, 5.41) is 12.6. The molecule has 3 rings (SSSR count). The molecule has 1 aliphatic rings. The Morgan fingerprint density at radius 1 is 1.21 bits per heavy atom. The number of nitrogens with one attached hydrogen (secondary N) is 2. The average Bonchev–Trinajstić information content (AvgIpc) is 2.75. The standard InChI is InChI=1S/C21H22F4N4O4/c1-9-4-14(23)10(2)28(3)21(33)17-19(31)18(30)13(8-29(17)27-9)20(32)26-7-12-15(24)5-11(22)6-16(12)25/h5-6,8-10,14,27,31H,4,7H2,1-3H3,(H,26,32)/t9-,10+,14+/m1/s1. The first-order valence-corrected chi connectivity index (χ1v) is 10.00. The molecule has 0 saturated carbocycles. The number of amides is 2. The van der Waals surface area contributed by atoms with Crippen molar-refractivity contribution in [3.05, 3.63) is 62.8 Å². The van der Waals surface area contributed by atoms with E-state index < -0.39 is 82.1 Å². The van der Waals surface area contributed by atoms with Gasteiger partial charge in [0.15, 0.2) is 11.4 Å². The highest BCUT2D eigenvalue weighted by Crippen LogP contribution is 2.22. The number of benzene rings is 1. The Morgan fingerprint density at radius 3 is 2.42 bits per heavy atom. The Hall–Kier alpha value is -3.57. The number of rotatable bonds is 3. The molecule has 2 heterocycles. The zero-order valence-corrected chi connectivity index (χ0v) is 18.0. The number of hydrogen-bond donors (Lipinski definition) is 3. The molecule has 1 aromatic heterocycles. The summed E-state index contributed by atoms with van der Waals surface area (Å²) in [4.78, 5) is 39.1. The van der Waals surface area contributed by atoms with E-state index in [1.165, 1.54) is 14.0 Å². The van der Waals surface area contributed by atoms with Crippen LogP contribution in [-0.2, 0) is 6.54 Å². The van der Waals surface area contributed by atoms with E-state index in [9.17, 15) is 37.1 Å². The fourth-order valence-corrected chi connectivity index (χ4v) is 3.49. The summed E-state index contributed by atoms with van der Waals surface area (Å²) in [5.74, 6) is -6.63. The molecule has 3 atom stereocenters. The first-order chi connectivity index (χ1) is 15.4. The molecule has 12 heteroatoms. The first kappa shape index (κ1) is 24.1. The lowest BCUT2D eigenvalue weighted by Gasteiger charge is -2.27. The second-order valence-corrected chi connectivity index (χ2v) is 7.91. The molecule has 0 spiro atoms. The van der Waals surface area contributed by atoms with E-state index in [1.54, 1.807) is 6.92 Å². The van der Waals surface area contributed by atoms with E-state index in [-0.39, 0.29) is 6.42 Å². The van der Waals surface area contributed by atoms with Crippen LogP contribution in [0, 0.1) is 17.5 Å². The number of alkyl halides is 1. The van der Waals surface area contributed by atoms with Crippen molar-refractivity contribution in [1.82, 2.24) is 14.9 Å². The van der Waals surface area contributed by atoms with Gasteiger partial charge in [-0.1, -0.05) is 0 Å². The predicted octanol–water partition coefficient (Wildman–Crippen LogP) is 2.04. The predicted molar refractivity (Wildman–Crippen MR) is 110 cm³/mol. The summed E-state index contributed by atoms with van der Waals surface area (Å²) in [7, 11) is 1.32. The Morgan fingerprint density at radius 2 is 1.82 bits per heavy atom. The Bertz CT molecular complexity index is 1150. The summed E-state index contributed by atoms with van der Waals surface area (Å²) in [6.07, 6.45) is -0.487. The Labute approximate surface area is 185 Å². The highest BCUT2D eigenvalue weighted by Gasteiger charge is 2.33. The third kappa shape index (κ3) is 4.64. The molecule has 0 unspecified atom stereocenters. The molecule has 0 aliphatic carbocycles. The van der Waals surface area contributed by atoms with Crippen LogP contribution in [0.25, 0.3) is 0 Å². The lowest BCUT2D eigenvalue weighted by molar-refractivity contribution is 0.0639. The van der Waals surface area contributed by atoms with Crippen molar-refractivity contribution in [2.45, 2.75) is 45.1 Å². The molecule has 3 N–H and O–H groups in total. The summed E-state index contributed by atoms with van der Waals surface area (Å²) < 4.78 is 56.2. The molecule has 0 saturated heterocycles. The molecule has 2 amide bonds. The fraction of sp³-hybridized carbons (Fsp3) is 0.381. The van der Waals surface area contributed by atoms with Crippen LogP contribution in [0.5, 0.6) is 5.75 Å². The summed E-state index contributed by atoms with van der Waals surface area (Å²) in [6, 6.07) is -0.551. The summed E-state index contributed by atoms with van der Waals surface area (Å²) in [5.41, 5.74) is -0.229. The lowest BCUT2D eigenvalue weighted by Crippen LogP contribution is -2.42. The maximum Gasteiger partial charge on any atom is 0.276 e. The first-order valence-electron chi connectivity index (χ1n) is 10.00. The van der Waals surface area contributed by atoms with Crippen molar-refractivity contribution in [2.75, 3.05) is 12.5 Å². The zero-order chi connectivity index (χ0) is 24.6. The maximum atomic E-state index is 14.5. The molecule has 0 radical (unpaired) electrons. The minimum absolute atomic E-state index is 0.0181. The minimum Gasteiger partial charge on any atom is -0.502 e. The number of carbonyl (C=O) groups is 2. The van der Waals surface area contributed by atoms with Gasteiger partial charge >= 0.3 is 0 Å². The van der Waals surface area contributed by atoms with Crippen LogP contribution < -0.4 is 16.2 Å². The quantitative estimate of drug-likeness (QED) is 0.596. The topological polar surface area (TPSA) is 104 Å². The van der Waals surface area contributed by atoms with E-state index in [0.717, 1.165) is 15.8 Å². The van der Waals surface area contributed by atoms with Crippen LogP contribution in [-0.4, -0.2) is 51.8 Å². The molecule has 1 aliphatic heterocycles. The van der Waals surface area contributed by atoms with Crippen LogP contribution in [0.3, 0.4) is 0 Å². The number of pyridine rings is 1. The minimum atomic E-state index is -1.41.